The molecular weight excluding hydrogens is 194 g/mol. The molecule has 1 amide bonds. The Balaban J connectivity index is 4.01. The zero-order valence-electron chi connectivity index (χ0n) is 10.2. The van der Waals surface area contributed by atoms with Crippen LogP contribution in [0.15, 0.2) is 0 Å². The molecule has 14 heavy (non-hydrogen) atoms. The van der Waals surface area contributed by atoms with E-state index in [0.29, 0.717) is 5.92 Å². The first-order valence-electron chi connectivity index (χ1n) is 5.22. The van der Waals surface area contributed by atoms with Crippen molar-refractivity contribution in [1.29, 1.82) is 0 Å². The molecule has 0 aliphatic carbocycles. The fourth-order valence-electron chi connectivity index (χ4n) is 1.54. The molecule has 0 aliphatic rings. The second-order valence-corrected chi connectivity index (χ2v) is 6.73. The number of hydrogen-bond acceptors (Lipinski definition) is 2. The Morgan fingerprint density at radius 1 is 1.29 bits per heavy atom. The van der Waals surface area contributed by atoms with E-state index in [1.54, 1.807) is 0 Å². The second-order valence-electron chi connectivity index (χ2n) is 5.05. The smallest absolute Gasteiger partial charge is 0.279 e. The predicted octanol–water partition coefficient (Wildman–Crippen LogP) is 3.66. The van der Waals surface area contributed by atoms with Crippen LogP contribution in [0.2, 0.25) is 0 Å². The first-order valence-corrected chi connectivity index (χ1v) is 6.04. The lowest BCUT2D eigenvalue weighted by molar-refractivity contribution is 0.258. The lowest BCUT2D eigenvalue weighted by atomic mass is 10.0. The van der Waals surface area contributed by atoms with E-state index in [2.05, 4.69) is 33.0 Å². The minimum absolute atomic E-state index is 0.0349. The van der Waals surface area contributed by atoms with Crippen molar-refractivity contribution in [3.63, 3.8) is 0 Å². The average molecular weight is 217 g/mol. The van der Waals surface area contributed by atoms with E-state index >= 15 is 0 Å². The van der Waals surface area contributed by atoms with Crippen LogP contribution in [0.4, 0.5) is 4.79 Å². The zero-order valence-corrected chi connectivity index (χ0v) is 11.0. The summed E-state index contributed by atoms with van der Waals surface area (Å²) in [4.78, 5) is 11.5. The summed E-state index contributed by atoms with van der Waals surface area (Å²) in [7, 11) is 0. The maximum atomic E-state index is 11.5. The van der Waals surface area contributed by atoms with Crippen LogP contribution in [-0.2, 0) is 0 Å². The minimum Gasteiger partial charge on any atom is -0.345 e. The van der Waals surface area contributed by atoms with E-state index in [1.165, 1.54) is 11.8 Å². The number of rotatable bonds is 4. The third-order valence-electron chi connectivity index (χ3n) is 1.68. The molecule has 0 rings (SSSR count). The van der Waals surface area contributed by atoms with E-state index in [-0.39, 0.29) is 16.0 Å². The molecule has 0 aromatic heterocycles. The third-order valence-corrected chi connectivity index (χ3v) is 2.70. The van der Waals surface area contributed by atoms with Crippen molar-refractivity contribution in [3.8, 4) is 0 Å². The Morgan fingerprint density at radius 2 is 1.79 bits per heavy atom. The molecule has 84 valence electrons. The molecule has 0 aromatic rings. The first-order chi connectivity index (χ1) is 6.23. The molecule has 0 heterocycles. The molecule has 0 fully saturated rings. The van der Waals surface area contributed by atoms with Gasteiger partial charge in [-0.3, -0.25) is 4.79 Å². The molecule has 0 saturated carbocycles. The van der Waals surface area contributed by atoms with Gasteiger partial charge in [0, 0.05) is 10.8 Å². The van der Waals surface area contributed by atoms with Crippen molar-refractivity contribution >= 4 is 17.0 Å². The van der Waals surface area contributed by atoms with Crippen LogP contribution in [0.1, 0.15) is 48.0 Å². The van der Waals surface area contributed by atoms with Crippen molar-refractivity contribution in [2.45, 2.75) is 58.8 Å². The topological polar surface area (TPSA) is 29.1 Å². The van der Waals surface area contributed by atoms with Crippen LogP contribution >= 0.6 is 11.8 Å². The Bertz CT molecular complexity index is 188. The maximum Gasteiger partial charge on any atom is 0.279 e. The van der Waals surface area contributed by atoms with Crippen LogP contribution in [-0.4, -0.2) is 16.0 Å². The number of carbonyl (C=O) groups excluding carboxylic acids is 1. The summed E-state index contributed by atoms with van der Waals surface area (Å²) in [5.41, 5.74) is 0. The molecule has 0 unspecified atom stereocenters. The van der Waals surface area contributed by atoms with Gasteiger partial charge in [0.2, 0.25) is 0 Å². The van der Waals surface area contributed by atoms with Crippen LogP contribution in [0.3, 0.4) is 0 Å². The summed E-state index contributed by atoms with van der Waals surface area (Å²) in [6.45, 7) is 12.6. The molecule has 2 nitrogen and oxygen atoms in total. The van der Waals surface area contributed by atoms with Gasteiger partial charge in [0.15, 0.2) is 0 Å². The first kappa shape index (κ1) is 13.8. The molecule has 0 aromatic carbocycles. The fourth-order valence-corrected chi connectivity index (χ4v) is 2.75. The Kier molecular flexibility index (Phi) is 5.57. The highest BCUT2D eigenvalue weighted by atomic mass is 32.2. The Hall–Kier alpha value is -0.180. The molecule has 0 bridgehead atoms. The summed E-state index contributed by atoms with van der Waals surface area (Å²) < 4.78 is 0.0349. The normalized spacial score (nSPS) is 12.3. The second kappa shape index (κ2) is 5.64. The van der Waals surface area contributed by atoms with Gasteiger partial charge < -0.3 is 5.32 Å². The number of amides is 1. The molecule has 3 heteroatoms. The van der Waals surface area contributed by atoms with Gasteiger partial charge in [0.1, 0.15) is 0 Å². The van der Waals surface area contributed by atoms with E-state index in [0.717, 1.165) is 6.42 Å². The largest absolute Gasteiger partial charge is 0.345 e. The molecule has 0 radical (unpaired) electrons. The van der Waals surface area contributed by atoms with E-state index < -0.39 is 0 Å². The van der Waals surface area contributed by atoms with Crippen molar-refractivity contribution < 1.29 is 4.79 Å². The van der Waals surface area contributed by atoms with E-state index in [1.807, 2.05) is 13.8 Å². The van der Waals surface area contributed by atoms with Gasteiger partial charge in [-0.2, -0.15) is 0 Å². The highest BCUT2D eigenvalue weighted by Gasteiger charge is 2.24. The van der Waals surface area contributed by atoms with Crippen LogP contribution in [0.5, 0.6) is 0 Å². The summed E-state index contributed by atoms with van der Waals surface area (Å²) in [5.74, 6) is 0.629. The molecular formula is C11H23NOS. The standard InChI is InChI=1S/C11H23NOS/c1-8(2)7-11(5,6)14-10(13)12-9(3)4/h8-9H,7H2,1-6H3,(H,12,13). The van der Waals surface area contributed by atoms with E-state index in [9.17, 15) is 4.79 Å². The molecule has 1 N–H and O–H groups in total. The molecule has 0 aliphatic heterocycles. The number of hydrogen-bond donors (Lipinski definition) is 1. The minimum atomic E-state index is 0.0349. The van der Waals surface area contributed by atoms with Gasteiger partial charge in [-0.25, -0.2) is 0 Å². The zero-order chi connectivity index (χ0) is 11.4. The van der Waals surface area contributed by atoms with Crippen molar-refractivity contribution in [1.82, 2.24) is 5.32 Å². The molecule has 0 spiro atoms. The lowest BCUT2D eigenvalue weighted by Crippen LogP contribution is -2.31. The highest BCUT2D eigenvalue weighted by Crippen LogP contribution is 2.31. The third kappa shape index (κ3) is 7.25. The fraction of sp³-hybridized carbons (Fsp3) is 0.909. The lowest BCUT2D eigenvalue weighted by Gasteiger charge is -2.25. The maximum absolute atomic E-state index is 11.5. The van der Waals surface area contributed by atoms with Crippen molar-refractivity contribution in [2.75, 3.05) is 0 Å². The number of nitrogens with one attached hydrogen (secondary N) is 1. The average Bonchev–Trinajstić information content (AvgIpc) is 1.77. The molecule has 0 saturated heterocycles. The van der Waals surface area contributed by atoms with Gasteiger partial charge in [0.25, 0.3) is 5.24 Å². The summed E-state index contributed by atoms with van der Waals surface area (Å²) in [6, 6.07) is 0.227. The highest BCUT2D eigenvalue weighted by molar-refractivity contribution is 8.14. The predicted molar refractivity (Wildman–Crippen MR) is 64.8 cm³/mol. The van der Waals surface area contributed by atoms with Gasteiger partial charge >= 0.3 is 0 Å². The van der Waals surface area contributed by atoms with Crippen LogP contribution < -0.4 is 5.32 Å². The Morgan fingerprint density at radius 3 is 2.14 bits per heavy atom. The van der Waals surface area contributed by atoms with E-state index in [4.69, 9.17) is 0 Å². The summed E-state index contributed by atoms with van der Waals surface area (Å²) >= 11 is 1.41. The van der Waals surface area contributed by atoms with Crippen LogP contribution in [0.25, 0.3) is 0 Å². The summed E-state index contributed by atoms with van der Waals surface area (Å²) in [6.07, 6.45) is 1.06. The van der Waals surface area contributed by atoms with Crippen LogP contribution in [0, 0.1) is 5.92 Å². The van der Waals surface area contributed by atoms with Gasteiger partial charge in [-0.05, 0) is 26.2 Å². The monoisotopic (exact) mass is 217 g/mol. The summed E-state index contributed by atoms with van der Waals surface area (Å²) in [5, 5.41) is 2.98. The van der Waals surface area contributed by atoms with Gasteiger partial charge in [-0.1, -0.05) is 39.5 Å². The number of carbonyl (C=O) groups is 1. The Labute approximate surface area is 92.2 Å². The van der Waals surface area contributed by atoms with Gasteiger partial charge in [-0.15, -0.1) is 0 Å². The van der Waals surface area contributed by atoms with Crippen molar-refractivity contribution in [3.05, 3.63) is 0 Å². The molecule has 0 atom stereocenters. The van der Waals surface area contributed by atoms with Gasteiger partial charge in [0.05, 0.1) is 0 Å². The quantitative estimate of drug-likeness (QED) is 0.778. The SMILES string of the molecule is CC(C)CC(C)(C)SC(=O)NC(C)C. The van der Waals surface area contributed by atoms with Crippen molar-refractivity contribution in [2.24, 2.45) is 5.92 Å². The number of thioether (sulfide) groups is 1.